The van der Waals surface area contributed by atoms with Gasteiger partial charge in [-0.2, -0.15) is 5.10 Å². The van der Waals surface area contributed by atoms with Gasteiger partial charge in [0.05, 0.1) is 12.5 Å². The van der Waals surface area contributed by atoms with Gasteiger partial charge in [0, 0.05) is 24.7 Å². The number of ether oxygens (including phenoxy) is 1. The zero-order valence-electron chi connectivity index (χ0n) is 12.3. The number of amides is 1. The molecule has 1 aromatic rings. The predicted molar refractivity (Wildman–Crippen MR) is 75.8 cm³/mol. The van der Waals surface area contributed by atoms with Crippen LogP contribution < -0.4 is 0 Å². The maximum Gasteiger partial charge on any atom is 0.309 e. The van der Waals surface area contributed by atoms with Crippen LogP contribution in [0.15, 0.2) is 6.07 Å². The van der Waals surface area contributed by atoms with Crippen LogP contribution in [0.4, 0.5) is 0 Å². The summed E-state index contributed by atoms with van der Waals surface area (Å²) in [4.78, 5) is 25.9. The van der Waals surface area contributed by atoms with E-state index in [1.165, 1.54) is 12.8 Å². The molecule has 0 radical (unpaired) electrons. The lowest BCUT2D eigenvalue weighted by molar-refractivity contribution is -0.149. The van der Waals surface area contributed by atoms with Crippen LogP contribution in [-0.4, -0.2) is 46.7 Å². The van der Waals surface area contributed by atoms with Crippen LogP contribution in [-0.2, 0) is 9.53 Å². The molecule has 21 heavy (non-hydrogen) atoms. The van der Waals surface area contributed by atoms with Gasteiger partial charge in [-0.05, 0) is 38.7 Å². The first-order chi connectivity index (χ1) is 10.2. The predicted octanol–water partition coefficient (Wildman–Crippen LogP) is 1.70. The van der Waals surface area contributed by atoms with Crippen molar-refractivity contribution in [2.45, 2.75) is 38.5 Å². The normalized spacial score (nSPS) is 19.6. The smallest absolute Gasteiger partial charge is 0.309 e. The molecule has 1 saturated carbocycles. The Bertz CT molecular complexity index is 528. The summed E-state index contributed by atoms with van der Waals surface area (Å²) in [6.07, 6.45) is 3.70. The SMILES string of the molecule is CCOC(=O)C1CCN(C(=O)c2cc(C3CC3)[nH]n2)CC1. The maximum atomic E-state index is 12.4. The molecule has 2 aliphatic rings. The van der Waals surface area contributed by atoms with Gasteiger partial charge in [0.1, 0.15) is 5.69 Å². The van der Waals surface area contributed by atoms with Crippen LogP contribution in [0.2, 0.25) is 0 Å². The minimum atomic E-state index is -0.139. The summed E-state index contributed by atoms with van der Waals surface area (Å²) < 4.78 is 5.04. The Morgan fingerprint density at radius 3 is 2.67 bits per heavy atom. The average molecular weight is 291 g/mol. The minimum Gasteiger partial charge on any atom is -0.466 e. The van der Waals surface area contributed by atoms with Crippen molar-refractivity contribution in [1.82, 2.24) is 15.1 Å². The Labute approximate surface area is 123 Å². The number of hydrogen-bond acceptors (Lipinski definition) is 4. The van der Waals surface area contributed by atoms with E-state index < -0.39 is 0 Å². The number of carbonyl (C=O) groups excluding carboxylic acids is 2. The first-order valence-corrected chi connectivity index (χ1v) is 7.70. The molecule has 2 fully saturated rings. The molecule has 0 bridgehead atoms. The number of carbonyl (C=O) groups is 2. The summed E-state index contributed by atoms with van der Waals surface area (Å²) in [6, 6.07) is 1.87. The molecule has 1 aromatic heterocycles. The van der Waals surface area contributed by atoms with Crippen LogP contribution in [0.1, 0.15) is 54.7 Å². The van der Waals surface area contributed by atoms with E-state index in [4.69, 9.17) is 4.74 Å². The van der Waals surface area contributed by atoms with E-state index in [9.17, 15) is 9.59 Å². The first-order valence-electron chi connectivity index (χ1n) is 7.70. The number of aromatic amines is 1. The molecule has 0 unspecified atom stereocenters. The fourth-order valence-corrected chi connectivity index (χ4v) is 2.79. The van der Waals surface area contributed by atoms with Crippen molar-refractivity contribution in [3.05, 3.63) is 17.5 Å². The van der Waals surface area contributed by atoms with Gasteiger partial charge in [-0.1, -0.05) is 0 Å². The first kappa shape index (κ1) is 14.1. The number of likely N-dealkylation sites (tertiary alicyclic amines) is 1. The Morgan fingerprint density at radius 1 is 1.33 bits per heavy atom. The second-order valence-corrected chi connectivity index (χ2v) is 5.80. The summed E-state index contributed by atoms with van der Waals surface area (Å²) in [5.41, 5.74) is 1.56. The quantitative estimate of drug-likeness (QED) is 0.857. The minimum absolute atomic E-state index is 0.0412. The van der Waals surface area contributed by atoms with Crippen LogP contribution in [0.5, 0.6) is 0 Å². The molecule has 1 amide bonds. The van der Waals surface area contributed by atoms with Crippen molar-refractivity contribution in [3.8, 4) is 0 Å². The van der Waals surface area contributed by atoms with Gasteiger partial charge in [-0.15, -0.1) is 0 Å². The number of piperidine rings is 1. The second kappa shape index (κ2) is 5.87. The van der Waals surface area contributed by atoms with E-state index in [2.05, 4.69) is 10.2 Å². The third-order valence-corrected chi connectivity index (χ3v) is 4.24. The third-order valence-electron chi connectivity index (χ3n) is 4.24. The van der Waals surface area contributed by atoms with E-state index >= 15 is 0 Å². The number of rotatable bonds is 4. The van der Waals surface area contributed by atoms with Gasteiger partial charge in [-0.25, -0.2) is 0 Å². The largest absolute Gasteiger partial charge is 0.466 e. The summed E-state index contributed by atoms with van der Waals surface area (Å²) in [5, 5.41) is 7.09. The molecule has 114 valence electrons. The molecule has 3 rings (SSSR count). The molecule has 0 atom stereocenters. The topological polar surface area (TPSA) is 75.3 Å². The number of nitrogens with zero attached hydrogens (tertiary/aromatic N) is 2. The fraction of sp³-hybridized carbons (Fsp3) is 0.667. The summed E-state index contributed by atoms with van der Waals surface area (Å²) in [7, 11) is 0. The highest BCUT2D eigenvalue weighted by molar-refractivity contribution is 5.92. The molecule has 1 saturated heterocycles. The number of H-pyrrole nitrogens is 1. The van der Waals surface area contributed by atoms with Gasteiger partial charge >= 0.3 is 5.97 Å². The lowest BCUT2D eigenvalue weighted by Crippen LogP contribution is -2.40. The highest BCUT2D eigenvalue weighted by Crippen LogP contribution is 2.39. The Balaban J connectivity index is 1.55. The van der Waals surface area contributed by atoms with E-state index in [0.29, 0.717) is 44.1 Å². The molecule has 6 nitrogen and oxygen atoms in total. The molecule has 0 spiro atoms. The summed E-state index contributed by atoms with van der Waals surface area (Å²) in [5.74, 6) is 0.310. The van der Waals surface area contributed by atoms with Crippen LogP contribution >= 0.6 is 0 Å². The molecule has 1 N–H and O–H groups in total. The molecular weight excluding hydrogens is 270 g/mol. The maximum absolute atomic E-state index is 12.4. The fourth-order valence-electron chi connectivity index (χ4n) is 2.79. The van der Waals surface area contributed by atoms with Crippen molar-refractivity contribution < 1.29 is 14.3 Å². The van der Waals surface area contributed by atoms with Gasteiger partial charge in [0.2, 0.25) is 0 Å². The van der Waals surface area contributed by atoms with Crippen molar-refractivity contribution in [1.29, 1.82) is 0 Å². The third kappa shape index (κ3) is 3.09. The lowest BCUT2D eigenvalue weighted by Gasteiger charge is -2.30. The van der Waals surface area contributed by atoms with Crippen molar-refractivity contribution in [3.63, 3.8) is 0 Å². The zero-order valence-corrected chi connectivity index (χ0v) is 12.3. The van der Waals surface area contributed by atoms with Crippen LogP contribution in [0.3, 0.4) is 0 Å². The zero-order chi connectivity index (χ0) is 14.8. The number of hydrogen-bond donors (Lipinski definition) is 1. The Hall–Kier alpha value is -1.85. The highest BCUT2D eigenvalue weighted by Gasteiger charge is 2.31. The lowest BCUT2D eigenvalue weighted by atomic mass is 9.97. The van der Waals surface area contributed by atoms with Crippen molar-refractivity contribution in [2.75, 3.05) is 19.7 Å². The van der Waals surface area contributed by atoms with E-state index in [1.54, 1.807) is 4.90 Å². The number of esters is 1. The summed E-state index contributed by atoms with van der Waals surface area (Å²) in [6.45, 7) is 3.41. The number of nitrogens with one attached hydrogen (secondary N) is 1. The second-order valence-electron chi connectivity index (χ2n) is 5.80. The van der Waals surface area contributed by atoms with Gasteiger partial charge in [0.15, 0.2) is 0 Å². The summed E-state index contributed by atoms with van der Waals surface area (Å²) >= 11 is 0. The van der Waals surface area contributed by atoms with Crippen LogP contribution in [0.25, 0.3) is 0 Å². The molecular formula is C15H21N3O3. The van der Waals surface area contributed by atoms with Gasteiger partial charge in [-0.3, -0.25) is 14.7 Å². The van der Waals surface area contributed by atoms with Gasteiger partial charge in [0.25, 0.3) is 5.91 Å². The van der Waals surface area contributed by atoms with Crippen molar-refractivity contribution in [2.24, 2.45) is 5.92 Å². The highest BCUT2D eigenvalue weighted by atomic mass is 16.5. The molecule has 1 aliphatic carbocycles. The van der Waals surface area contributed by atoms with E-state index in [1.807, 2.05) is 13.0 Å². The Morgan fingerprint density at radius 2 is 2.05 bits per heavy atom. The molecule has 2 heterocycles. The van der Waals surface area contributed by atoms with E-state index in [-0.39, 0.29) is 17.8 Å². The van der Waals surface area contributed by atoms with Crippen LogP contribution in [0, 0.1) is 5.92 Å². The number of aromatic nitrogens is 2. The molecule has 1 aliphatic heterocycles. The van der Waals surface area contributed by atoms with Gasteiger partial charge < -0.3 is 9.64 Å². The van der Waals surface area contributed by atoms with Crippen molar-refractivity contribution >= 4 is 11.9 Å². The standard InChI is InChI=1S/C15H21N3O3/c1-2-21-15(20)11-5-7-18(8-6-11)14(19)13-9-12(16-17-13)10-3-4-10/h9-11H,2-8H2,1H3,(H,16,17). The van der Waals surface area contributed by atoms with E-state index in [0.717, 1.165) is 5.69 Å². The monoisotopic (exact) mass is 291 g/mol. The average Bonchev–Trinajstić information content (AvgIpc) is 3.24. The molecule has 6 heteroatoms. The Kier molecular flexibility index (Phi) is 3.94. The molecule has 0 aromatic carbocycles.